The van der Waals surface area contributed by atoms with Gasteiger partial charge in [0.25, 0.3) is 0 Å². The van der Waals surface area contributed by atoms with Crippen LogP contribution in [0.15, 0.2) is 12.1 Å². The predicted octanol–water partition coefficient (Wildman–Crippen LogP) is 3.06. The summed E-state index contributed by atoms with van der Waals surface area (Å²) in [4.78, 5) is 0. The van der Waals surface area contributed by atoms with Crippen molar-refractivity contribution in [3.8, 4) is 0 Å². The van der Waals surface area contributed by atoms with Crippen LogP contribution in [-0.2, 0) is 10.0 Å². The van der Waals surface area contributed by atoms with Crippen molar-refractivity contribution >= 4 is 38.3 Å². The van der Waals surface area contributed by atoms with Crippen molar-refractivity contribution in [2.24, 2.45) is 0 Å². The lowest BCUT2D eigenvalue weighted by atomic mass is 10.3. The van der Waals surface area contributed by atoms with E-state index in [1.165, 1.54) is 0 Å². The van der Waals surface area contributed by atoms with Crippen molar-refractivity contribution in [2.45, 2.75) is 12.8 Å². The summed E-state index contributed by atoms with van der Waals surface area (Å²) in [5.74, 6) is -2.06. The van der Waals surface area contributed by atoms with Gasteiger partial charge in [0.1, 0.15) is 5.82 Å². The molecule has 102 valence electrons. The van der Waals surface area contributed by atoms with Gasteiger partial charge in [-0.2, -0.15) is 0 Å². The number of hydrogen-bond acceptors (Lipinski definition) is 2. The second-order valence-corrected chi connectivity index (χ2v) is 6.57. The molecule has 1 N–H and O–H groups in total. The smallest absolute Gasteiger partial charge is 0.232 e. The van der Waals surface area contributed by atoms with Crippen molar-refractivity contribution in [3.05, 3.63) is 27.3 Å². The van der Waals surface area contributed by atoms with Crippen LogP contribution in [0.4, 0.5) is 18.9 Å². The number of halogens is 4. The minimum Gasteiger partial charge on any atom is -0.279 e. The van der Waals surface area contributed by atoms with Gasteiger partial charge in [0.2, 0.25) is 10.0 Å². The zero-order chi connectivity index (χ0) is 13.8. The van der Waals surface area contributed by atoms with Crippen LogP contribution in [0.5, 0.6) is 0 Å². The lowest BCUT2D eigenvalue weighted by molar-refractivity contribution is 0.468. The number of nitrogens with one attached hydrogen (secondary N) is 1. The maximum absolute atomic E-state index is 13.4. The summed E-state index contributed by atoms with van der Waals surface area (Å²) in [7, 11) is -3.75. The first kappa shape index (κ1) is 15.5. The molecule has 0 heterocycles. The molecule has 1 aromatic rings. The molecule has 0 aliphatic rings. The van der Waals surface area contributed by atoms with Gasteiger partial charge in [-0.1, -0.05) is 0 Å². The van der Waals surface area contributed by atoms with E-state index in [2.05, 4.69) is 0 Å². The monoisotopic (exact) mass is 393 g/mol. The third kappa shape index (κ3) is 4.63. The first-order valence-electron chi connectivity index (χ1n) is 5.07. The highest BCUT2D eigenvalue weighted by Gasteiger charge is 2.16. The van der Waals surface area contributed by atoms with Crippen LogP contribution >= 0.6 is 22.6 Å². The predicted molar refractivity (Wildman–Crippen MR) is 71.7 cm³/mol. The maximum atomic E-state index is 13.4. The van der Waals surface area contributed by atoms with Crippen LogP contribution in [0.25, 0.3) is 0 Å². The van der Waals surface area contributed by atoms with Gasteiger partial charge in [0.05, 0.1) is 18.1 Å². The van der Waals surface area contributed by atoms with Gasteiger partial charge in [0.15, 0.2) is 5.82 Å². The zero-order valence-electron chi connectivity index (χ0n) is 9.22. The van der Waals surface area contributed by atoms with E-state index in [0.717, 1.165) is 6.07 Å². The fourth-order valence-corrected chi connectivity index (χ4v) is 3.31. The molecule has 0 aliphatic heterocycles. The SMILES string of the molecule is O=S(=O)(CCCCF)Nc1c(F)cc(F)cc1I. The van der Waals surface area contributed by atoms with Crippen molar-refractivity contribution < 1.29 is 21.6 Å². The number of sulfonamides is 1. The standard InChI is InChI=1S/C10H11F3INO2S/c11-3-1-2-4-18(16,17)15-10-8(13)5-7(12)6-9(10)14/h5-6,15H,1-4H2. The van der Waals surface area contributed by atoms with Crippen molar-refractivity contribution in [1.82, 2.24) is 0 Å². The highest BCUT2D eigenvalue weighted by atomic mass is 127. The quantitative estimate of drug-likeness (QED) is 0.597. The number of rotatable bonds is 6. The lowest BCUT2D eigenvalue weighted by Crippen LogP contribution is -2.18. The van der Waals surface area contributed by atoms with Gasteiger partial charge in [-0.3, -0.25) is 9.11 Å². The Labute approximate surface area is 117 Å². The zero-order valence-corrected chi connectivity index (χ0v) is 12.2. The molecule has 0 unspecified atom stereocenters. The molecule has 0 saturated carbocycles. The van der Waals surface area contributed by atoms with E-state index in [1.54, 1.807) is 22.6 Å². The van der Waals surface area contributed by atoms with Crippen LogP contribution in [-0.4, -0.2) is 20.8 Å². The van der Waals surface area contributed by atoms with E-state index in [9.17, 15) is 21.6 Å². The number of unbranched alkanes of at least 4 members (excludes halogenated alkanes) is 1. The highest BCUT2D eigenvalue weighted by Crippen LogP contribution is 2.24. The summed E-state index contributed by atoms with van der Waals surface area (Å²) in [6.45, 7) is -0.599. The summed E-state index contributed by atoms with van der Waals surface area (Å²) in [5.41, 5.74) is -0.280. The Morgan fingerprint density at radius 1 is 1.22 bits per heavy atom. The molecule has 18 heavy (non-hydrogen) atoms. The first-order valence-corrected chi connectivity index (χ1v) is 7.80. The molecular weight excluding hydrogens is 382 g/mol. The van der Waals surface area contributed by atoms with Gasteiger partial charge in [-0.25, -0.2) is 17.2 Å². The Bertz CT molecular complexity index is 499. The Kier molecular flexibility index (Phi) is 5.70. The average Bonchev–Trinajstić information content (AvgIpc) is 2.23. The molecule has 0 saturated heterocycles. The molecule has 8 heteroatoms. The van der Waals surface area contributed by atoms with Gasteiger partial charge in [-0.05, 0) is 41.5 Å². The molecule has 1 aromatic carbocycles. The summed E-state index contributed by atoms with van der Waals surface area (Å²) in [6.07, 6.45) is 0.273. The van der Waals surface area contributed by atoms with E-state index in [0.29, 0.717) is 6.07 Å². The van der Waals surface area contributed by atoms with Crippen LogP contribution in [0, 0.1) is 15.2 Å². The average molecular weight is 393 g/mol. The normalized spacial score (nSPS) is 11.6. The van der Waals surface area contributed by atoms with Gasteiger partial charge >= 0.3 is 0 Å². The first-order chi connectivity index (χ1) is 8.35. The van der Waals surface area contributed by atoms with E-state index >= 15 is 0 Å². The van der Waals surface area contributed by atoms with E-state index in [1.807, 2.05) is 4.72 Å². The third-order valence-corrected chi connectivity index (χ3v) is 4.25. The van der Waals surface area contributed by atoms with Crippen LogP contribution in [0.2, 0.25) is 0 Å². The summed E-state index contributed by atoms with van der Waals surface area (Å²) in [6, 6.07) is 1.62. The van der Waals surface area contributed by atoms with Crippen LogP contribution in [0.1, 0.15) is 12.8 Å². The maximum Gasteiger partial charge on any atom is 0.232 e. The molecule has 0 spiro atoms. The van der Waals surface area contributed by atoms with Crippen molar-refractivity contribution in [2.75, 3.05) is 17.1 Å². The number of hydrogen-bond donors (Lipinski definition) is 1. The second kappa shape index (κ2) is 6.60. The van der Waals surface area contributed by atoms with E-state index < -0.39 is 28.3 Å². The summed E-state index contributed by atoms with van der Waals surface area (Å²) < 4.78 is 63.4. The van der Waals surface area contributed by atoms with Crippen molar-refractivity contribution in [3.63, 3.8) is 0 Å². The van der Waals surface area contributed by atoms with E-state index in [-0.39, 0.29) is 27.9 Å². The second-order valence-electron chi connectivity index (χ2n) is 3.56. The molecule has 0 bridgehead atoms. The fourth-order valence-electron chi connectivity index (χ4n) is 1.23. The Balaban J connectivity index is 2.84. The molecule has 0 aliphatic carbocycles. The molecule has 0 aromatic heterocycles. The van der Waals surface area contributed by atoms with Crippen molar-refractivity contribution in [1.29, 1.82) is 0 Å². The van der Waals surface area contributed by atoms with Crippen LogP contribution < -0.4 is 4.72 Å². The minimum atomic E-state index is -3.75. The number of benzene rings is 1. The Morgan fingerprint density at radius 3 is 2.44 bits per heavy atom. The highest BCUT2D eigenvalue weighted by molar-refractivity contribution is 14.1. The number of anilines is 1. The molecular formula is C10H11F3INO2S. The molecule has 0 fully saturated rings. The van der Waals surface area contributed by atoms with Gasteiger partial charge < -0.3 is 0 Å². The summed E-state index contributed by atoms with van der Waals surface area (Å²) in [5, 5.41) is 0. The molecule has 0 atom stereocenters. The molecule has 3 nitrogen and oxygen atoms in total. The van der Waals surface area contributed by atoms with Gasteiger partial charge in [0, 0.05) is 9.64 Å². The fraction of sp³-hybridized carbons (Fsp3) is 0.400. The molecule has 1 rings (SSSR count). The molecule has 0 amide bonds. The molecule has 0 radical (unpaired) electrons. The number of alkyl halides is 1. The topological polar surface area (TPSA) is 46.2 Å². The Morgan fingerprint density at radius 2 is 1.89 bits per heavy atom. The summed E-state index contributed by atoms with van der Waals surface area (Å²) >= 11 is 1.63. The van der Waals surface area contributed by atoms with Crippen LogP contribution in [0.3, 0.4) is 0 Å². The Hall–Kier alpha value is -0.510. The largest absolute Gasteiger partial charge is 0.279 e. The van der Waals surface area contributed by atoms with Gasteiger partial charge in [-0.15, -0.1) is 0 Å². The minimum absolute atomic E-state index is 0.124. The third-order valence-electron chi connectivity index (χ3n) is 2.06. The van der Waals surface area contributed by atoms with E-state index in [4.69, 9.17) is 0 Å². The lowest BCUT2D eigenvalue weighted by Gasteiger charge is -2.10.